The van der Waals surface area contributed by atoms with Gasteiger partial charge in [0.15, 0.2) is 0 Å². The first-order chi connectivity index (χ1) is 8.49. The average Bonchev–Trinajstić information content (AvgIpc) is 2.75. The molecule has 0 saturated heterocycles. The van der Waals surface area contributed by atoms with Crippen LogP contribution in [0.15, 0.2) is 5.38 Å². The van der Waals surface area contributed by atoms with Crippen molar-refractivity contribution in [1.29, 1.82) is 0 Å². The first kappa shape index (κ1) is 14.6. The summed E-state index contributed by atoms with van der Waals surface area (Å²) >= 11 is 1.08. The molecule has 3 N–H and O–H groups in total. The van der Waals surface area contributed by atoms with Crippen molar-refractivity contribution in [3.63, 3.8) is 0 Å². The second-order valence-corrected chi connectivity index (χ2v) is 5.11. The third kappa shape index (κ3) is 5.24. The number of carboxylic acid groups (broad SMARTS) is 1. The number of thiazole rings is 1. The number of nitrogens with zero attached hydrogens (tertiary/aromatic N) is 1. The molecule has 0 radical (unpaired) electrons. The molecule has 0 fully saturated rings. The lowest BCUT2D eigenvalue weighted by molar-refractivity contribution is -0.120. The standard InChI is InChI=1S/C11H17N3O3S/c1-7(2)3-13-9(15)5-12-4-8-6-18-10(14-8)11(16)17/h6-7,12H,3-5H2,1-2H3,(H,13,15)(H,16,17). The van der Waals surface area contributed by atoms with E-state index >= 15 is 0 Å². The van der Waals surface area contributed by atoms with Crippen molar-refractivity contribution in [2.45, 2.75) is 20.4 Å². The Kier molecular flexibility index (Phi) is 5.73. The first-order valence-corrected chi connectivity index (χ1v) is 6.52. The maximum absolute atomic E-state index is 11.4. The molecule has 0 spiro atoms. The molecule has 6 nitrogen and oxygen atoms in total. The molecule has 18 heavy (non-hydrogen) atoms. The summed E-state index contributed by atoms with van der Waals surface area (Å²) in [6.07, 6.45) is 0. The quantitative estimate of drug-likeness (QED) is 0.679. The second-order valence-electron chi connectivity index (χ2n) is 4.25. The summed E-state index contributed by atoms with van der Waals surface area (Å²) in [6, 6.07) is 0. The summed E-state index contributed by atoms with van der Waals surface area (Å²) in [6.45, 7) is 5.29. The molecule has 0 unspecified atom stereocenters. The molecule has 0 atom stereocenters. The van der Waals surface area contributed by atoms with Crippen LogP contribution < -0.4 is 10.6 Å². The van der Waals surface area contributed by atoms with Crippen LogP contribution in [0.2, 0.25) is 0 Å². The molecule has 1 aromatic rings. The predicted octanol–water partition coefficient (Wildman–Crippen LogP) is 0.703. The third-order valence-corrected chi connectivity index (χ3v) is 2.91. The highest BCUT2D eigenvalue weighted by atomic mass is 32.1. The van der Waals surface area contributed by atoms with Gasteiger partial charge in [-0.3, -0.25) is 4.79 Å². The molecule has 1 amide bonds. The zero-order chi connectivity index (χ0) is 13.5. The Balaban J connectivity index is 2.24. The monoisotopic (exact) mass is 271 g/mol. The smallest absolute Gasteiger partial charge is 0.365 e. The fourth-order valence-corrected chi connectivity index (χ4v) is 1.83. The Morgan fingerprint density at radius 1 is 1.50 bits per heavy atom. The predicted molar refractivity (Wildman–Crippen MR) is 68.6 cm³/mol. The number of aromatic carboxylic acids is 1. The summed E-state index contributed by atoms with van der Waals surface area (Å²) in [5.41, 5.74) is 0.633. The van der Waals surface area contributed by atoms with Gasteiger partial charge in [0, 0.05) is 18.5 Å². The lowest BCUT2D eigenvalue weighted by Crippen LogP contribution is -2.35. The van der Waals surface area contributed by atoms with Gasteiger partial charge in [0.25, 0.3) is 0 Å². The van der Waals surface area contributed by atoms with Crippen molar-refractivity contribution in [3.05, 3.63) is 16.1 Å². The lowest BCUT2D eigenvalue weighted by Gasteiger charge is -2.07. The van der Waals surface area contributed by atoms with E-state index in [9.17, 15) is 9.59 Å². The molecule has 1 rings (SSSR count). The Morgan fingerprint density at radius 2 is 2.22 bits per heavy atom. The van der Waals surface area contributed by atoms with Crippen LogP contribution in [0.25, 0.3) is 0 Å². The van der Waals surface area contributed by atoms with E-state index in [1.165, 1.54) is 0 Å². The van der Waals surface area contributed by atoms with Crippen molar-refractivity contribution >= 4 is 23.2 Å². The number of nitrogens with one attached hydrogen (secondary N) is 2. The molecule has 100 valence electrons. The van der Waals surface area contributed by atoms with Crippen LogP contribution in [0.5, 0.6) is 0 Å². The van der Waals surface area contributed by atoms with Gasteiger partial charge in [0.1, 0.15) is 0 Å². The maximum Gasteiger partial charge on any atom is 0.365 e. The van der Waals surface area contributed by atoms with E-state index in [0.717, 1.165) is 11.3 Å². The van der Waals surface area contributed by atoms with E-state index in [1.807, 2.05) is 13.8 Å². The van der Waals surface area contributed by atoms with Gasteiger partial charge >= 0.3 is 5.97 Å². The van der Waals surface area contributed by atoms with Gasteiger partial charge < -0.3 is 15.7 Å². The highest BCUT2D eigenvalue weighted by Crippen LogP contribution is 2.08. The van der Waals surface area contributed by atoms with E-state index in [1.54, 1.807) is 5.38 Å². The molecule has 0 aliphatic rings. The minimum atomic E-state index is -1.03. The summed E-state index contributed by atoms with van der Waals surface area (Å²) in [5, 5.41) is 16.1. The number of rotatable bonds is 7. The van der Waals surface area contributed by atoms with Gasteiger partial charge in [-0.05, 0) is 5.92 Å². The molecule has 0 aliphatic carbocycles. The van der Waals surface area contributed by atoms with Crippen LogP contribution in [0, 0.1) is 5.92 Å². The molecular formula is C11H17N3O3S. The number of carbonyl (C=O) groups excluding carboxylic acids is 1. The Bertz CT molecular complexity index is 417. The molecule has 0 saturated carbocycles. The van der Waals surface area contributed by atoms with Gasteiger partial charge in [-0.15, -0.1) is 11.3 Å². The number of amides is 1. The van der Waals surface area contributed by atoms with E-state index in [2.05, 4.69) is 15.6 Å². The number of hydrogen-bond acceptors (Lipinski definition) is 5. The van der Waals surface area contributed by atoms with Crippen molar-refractivity contribution in [1.82, 2.24) is 15.6 Å². The molecule has 1 heterocycles. The highest BCUT2D eigenvalue weighted by Gasteiger charge is 2.09. The summed E-state index contributed by atoms with van der Waals surface area (Å²) < 4.78 is 0. The minimum absolute atomic E-state index is 0.0658. The van der Waals surface area contributed by atoms with Crippen LogP contribution >= 0.6 is 11.3 Å². The Morgan fingerprint density at radius 3 is 2.78 bits per heavy atom. The normalized spacial score (nSPS) is 10.6. The molecule has 0 aromatic carbocycles. The fraction of sp³-hybridized carbons (Fsp3) is 0.545. The van der Waals surface area contributed by atoms with Gasteiger partial charge in [-0.2, -0.15) is 0 Å². The van der Waals surface area contributed by atoms with Crippen molar-refractivity contribution in [2.24, 2.45) is 5.92 Å². The number of aromatic nitrogens is 1. The van der Waals surface area contributed by atoms with Gasteiger partial charge in [-0.25, -0.2) is 9.78 Å². The highest BCUT2D eigenvalue weighted by molar-refractivity contribution is 7.11. The van der Waals surface area contributed by atoms with Crippen molar-refractivity contribution in [3.8, 4) is 0 Å². The van der Waals surface area contributed by atoms with Crippen LogP contribution in [0.3, 0.4) is 0 Å². The van der Waals surface area contributed by atoms with Crippen LogP contribution in [0.1, 0.15) is 29.3 Å². The number of hydrogen-bond donors (Lipinski definition) is 3. The average molecular weight is 271 g/mol. The fourth-order valence-electron chi connectivity index (χ4n) is 1.17. The maximum atomic E-state index is 11.4. The van der Waals surface area contributed by atoms with E-state index in [4.69, 9.17) is 5.11 Å². The van der Waals surface area contributed by atoms with Gasteiger partial charge in [-0.1, -0.05) is 13.8 Å². The zero-order valence-electron chi connectivity index (χ0n) is 10.4. The second kappa shape index (κ2) is 7.07. The topological polar surface area (TPSA) is 91.3 Å². The van der Waals surface area contributed by atoms with Gasteiger partial charge in [0.05, 0.1) is 12.2 Å². The summed E-state index contributed by atoms with van der Waals surface area (Å²) in [4.78, 5) is 25.9. The molecule has 0 aliphatic heterocycles. The zero-order valence-corrected chi connectivity index (χ0v) is 11.2. The van der Waals surface area contributed by atoms with Crippen molar-refractivity contribution < 1.29 is 14.7 Å². The van der Waals surface area contributed by atoms with Crippen LogP contribution in [0.4, 0.5) is 0 Å². The van der Waals surface area contributed by atoms with E-state index in [-0.39, 0.29) is 17.5 Å². The largest absolute Gasteiger partial charge is 0.476 e. The minimum Gasteiger partial charge on any atom is -0.476 e. The molecular weight excluding hydrogens is 254 g/mol. The molecule has 7 heteroatoms. The van der Waals surface area contributed by atoms with E-state index < -0.39 is 5.97 Å². The molecule has 1 aromatic heterocycles. The van der Waals surface area contributed by atoms with Crippen LogP contribution in [-0.2, 0) is 11.3 Å². The number of carbonyl (C=O) groups is 2. The summed E-state index contributed by atoms with van der Waals surface area (Å²) in [7, 11) is 0. The van der Waals surface area contributed by atoms with Crippen LogP contribution in [-0.4, -0.2) is 35.1 Å². The Labute approximate surface area is 109 Å². The third-order valence-electron chi connectivity index (χ3n) is 2.03. The summed E-state index contributed by atoms with van der Waals surface area (Å²) in [5.74, 6) is -0.677. The Hall–Kier alpha value is -1.47. The number of carboxylic acids is 1. The first-order valence-electron chi connectivity index (χ1n) is 5.64. The van der Waals surface area contributed by atoms with Crippen molar-refractivity contribution in [2.75, 3.05) is 13.1 Å². The van der Waals surface area contributed by atoms with Gasteiger partial charge in [0.2, 0.25) is 10.9 Å². The SMILES string of the molecule is CC(C)CNC(=O)CNCc1csc(C(=O)O)n1. The lowest BCUT2D eigenvalue weighted by atomic mass is 10.2. The van der Waals surface area contributed by atoms with E-state index in [0.29, 0.717) is 24.7 Å². The molecule has 0 bridgehead atoms.